The molecule has 2 aromatic rings. The Kier molecular flexibility index (Phi) is 9.83. The Morgan fingerprint density at radius 1 is 0.712 bits per heavy atom. The molecule has 9 heteroatoms. The van der Waals surface area contributed by atoms with Crippen LogP contribution in [0.15, 0.2) is 42.5 Å². The van der Waals surface area contributed by atoms with Gasteiger partial charge in [0.1, 0.15) is 12.6 Å². The molecule has 9 aliphatic rings. The van der Waals surface area contributed by atoms with Gasteiger partial charge >= 0.3 is 7.25 Å². The van der Waals surface area contributed by atoms with Crippen LogP contribution in [0.25, 0.3) is 0 Å². The first kappa shape index (κ1) is 37.2. The van der Waals surface area contributed by atoms with Crippen LogP contribution in [-0.2, 0) is 4.74 Å². The molecular weight excluding hydrogens is 678 g/mol. The topological polar surface area (TPSA) is 24.5 Å². The van der Waals surface area contributed by atoms with Gasteiger partial charge in [-0.3, -0.25) is 0 Å². The quantitative estimate of drug-likeness (QED) is 0.149. The highest BCUT2D eigenvalue weighted by Gasteiger charge is 2.82. The lowest BCUT2D eigenvalue weighted by Crippen LogP contribution is -2.64. The minimum atomic E-state index is -6.00. The molecule has 0 aromatic heterocycles. The molecule has 0 radical (unpaired) electrons. The van der Waals surface area contributed by atoms with E-state index < -0.39 is 14.5 Å². The van der Waals surface area contributed by atoms with Crippen molar-refractivity contribution in [3.05, 3.63) is 53.6 Å². The average Bonchev–Trinajstić information content (AvgIpc) is 3.34. The second-order valence-electron chi connectivity index (χ2n) is 19.0. The van der Waals surface area contributed by atoms with E-state index >= 15 is 0 Å². The van der Waals surface area contributed by atoms with E-state index in [0.29, 0.717) is 22.1 Å². The summed E-state index contributed by atoms with van der Waals surface area (Å²) in [7, 11) is -7.81. The summed E-state index contributed by atoms with van der Waals surface area (Å²) in [6.45, 7) is 14.5. The van der Waals surface area contributed by atoms with Gasteiger partial charge in [0.2, 0.25) is 5.97 Å². The smallest absolute Gasteiger partial charge is 0.418 e. The highest BCUT2D eigenvalue weighted by Crippen LogP contribution is 2.92. The summed E-state index contributed by atoms with van der Waals surface area (Å²) in [6.07, 6.45) is 18.3. The van der Waals surface area contributed by atoms with Gasteiger partial charge in [0.05, 0.1) is 22.6 Å². The number of benzene rings is 2. The molecular formula is C43H62BF4N2OP. The van der Waals surface area contributed by atoms with Crippen LogP contribution >= 0.6 is 7.26 Å². The largest absolute Gasteiger partial charge is 0.673 e. The van der Waals surface area contributed by atoms with Crippen molar-refractivity contribution in [2.24, 2.45) is 35.5 Å². The Labute approximate surface area is 311 Å². The molecule has 0 unspecified atom stereocenters. The van der Waals surface area contributed by atoms with E-state index in [1.807, 2.05) is 5.30 Å². The first-order valence-corrected chi connectivity index (χ1v) is 22.7. The Morgan fingerprint density at radius 2 is 1.13 bits per heavy atom. The monoisotopic (exact) mass is 740 g/mol. The number of rotatable bonds is 10. The number of halogens is 4. The second-order valence-corrected chi connectivity index (χ2v) is 23.3. The molecule has 1 atom stereocenters. The van der Waals surface area contributed by atoms with Crippen LogP contribution in [0.2, 0.25) is 0 Å². The average molecular weight is 741 g/mol. The molecule has 8 aliphatic carbocycles. The summed E-state index contributed by atoms with van der Waals surface area (Å²) in [5.41, 5.74) is 5.88. The standard InChI is InChI=1S/C43H62N2OP.BF4/c1-6-46-41-45(15-14-44-40-36(28(2)3)10-9-11-37(40)29(4)5)38-12-7-8-13-39(38)47(41,42-22-30-16-31(23-42)18-32(17-30)24-42)43-25-33-19-34(26-43)21-35(20-33)27-43;2-1(3,4)5/h7-13,28-35,41,44H,6,14-27H2,1-5H3;/q+1;-1/t30?,31?,32?,33?,34?,35?,41-,42?,43?,47?;/m0./s1. The molecule has 1 heterocycles. The van der Waals surface area contributed by atoms with Crippen molar-refractivity contribution < 1.29 is 22.0 Å². The summed E-state index contributed by atoms with van der Waals surface area (Å²) in [4.78, 5) is 2.88. The van der Waals surface area contributed by atoms with E-state index in [1.165, 1.54) is 93.9 Å². The van der Waals surface area contributed by atoms with Crippen molar-refractivity contribution in [3.63, 3.8) is 0 Å². The first-order valence-electron chi connectivity index (χ1n) is 20.9. The van der Waals surface area contributed by atoms with E-state index in [1.54, 1.807) is 5.69 Å². The zero-order valence-corrected chi connectivity index (χ0v) is 33.1. The molecule has 3 nitrogen and oxygen atoms in total. The van der Waals surface area contributed by atoms with Crippen molar-refractivity contribution in [2.45, 2.75) is 140 Å². The summed E-state index contributed by atoms with van der Waals surface area (Å²) < 4.78 is 46.5. The van der Waals surface area contributed by atoms with Crippen LogP contribution < -0.4 is 15.5 Å². The number of nitrogens with zero attached hydrogens (tertiary/aromatic N) is 1. The molecule has 52 heavy (non-hydrogen) atoms. The van der Waals surface area contributed by atoms with Gasteiger partial charge in [-0.05, 0) is 155 Å². The van der Waals surface area contributed by atoms with Gasteiger partial charge in [0, 0.05) is 18.8 Å². The lowest BCUT2D eigenvalue weighted by atomic mass is 9.55. The number of fused-ring (bicyclic) bond motifs is 1. The molecule has 0 saturated heterocycles. The van der Waals surface area contributed by atoms with E-state index in [2.05, 4.69) is 87.3 Å². The maximum absolute atomic E-state index is 9.75. The van der Waals surface area contributed by atoms with Gasteiger partial charge in [-0.15, -0.1) is 0 Å². The summed E-state index contributed by atoms with van der Waals surface area (Å²) in [6, 6.07) is 17.0. The maximum atomic E-state index is 9.75. The van der Waals surface area contributed by atoms with Gasteiger partial charge in [-0.2, -0.15) is 0 Å². The van der Waals surface area contributed by atoms with Crippen LogP contribution in [-0.4, -0.2) is 43.2 Å². The number of nitrogens with one attached hydrogen (secondary N) is 1. The molecule has 286 valence electrons. The fraction of sp³-hybridized carbons (Fsp3) is 0.721. The summed E-state index contributed by atoms with van der Waals surface area (Å²) in [5, 5.41) is 6.88. The molecule has 1 aliphatic heterocycles. The number of hydrogen-bond donors (Lipinski definition) is 1. The minimum absolute atomic E-state index is 0.254. The van der Waals surface area contributed by atoms with Crippen molar-refractivity contribution in [2.75, 3.05) is 29.9 Å². The summed E-state index contributed by atoms with van der Waals surface area (Å²) >= 11 is 0. The Hall–Kier alpha value is -1.79. The Balaban J connectivity index is 0.000000727. The van der Waals surface area contributed by atoms with Crippen molar-refractivity contribution in [1.29, 1.82) is 0 Å². The normalized spacial score (nSPS) is 38.2. The highest BCUT2D eigenvalue weighted by atomic mass is 31.2. The third kappa shape index (κ3) is 6.15. The molecule has 2 aromatic carbocycles. The summed E-state index contributed by atoms with van der Waals surface area (Å²) in [5.74, 6) is 7.09. The zero-order valence-electron chi connectivity index (χ0n) is 32.2. The predicted molar refractivity (Wildman–Crippen MR) is 211 cm³/mol. The lowest BCUT2D eigenvalue weighted by Gasteiger charge is -2.67. The molecule has 0 amide bonds. The fourth-order valence-corrected chi connectivity index (χ4v) is 23.0. The van der Waals surface area contributed by atoms with Crippen LogP contribution in [0.3, 0.4) is 0 Å². The van der Waals surface area contributed by atoms with Crippen LogP contribution in [0.5, 0.6) is 0 Å². The SMILES string of the molecule is CCO[C@@H]1N(CCNc2c(C(C)C)cccc2C(C)C)c2ccccc2[P+]1(C12CC3CC(CC(C3)C1)C2)C12CC3CC(CC(C3)C1)C2.F[B-](F)(F)F. The number of ether oxygens (including phenoxy) is 1. The van der Waals surface area contributed by atoms with Crippen LogP contribution in [0.1, 0.15) is 135 Å². The molecule has 8 fully saturated rings. The minimum Gasteiger partial charge on any atom is -0.418 e. The third-order valence-corrected chi connectivity index (χ3v) is 21.3. The number of hydrogen-bond acceptors (Lipinski definition) is 3. The molecule has 11 rings (SSSR count). The van der Waals surface area contributed by atoms with Gasteiger partial charge < -0.3 is 32.2 Å². The first-order chi connectivity index (χ1) is 24.8. The molecule has 0 spiro atoms. The van der Waals surface area contributed by atoms with Crippen molar-refractivity contribution >= 4 is 31.2 Å². The van der Waals surface area contributed by atoms with Crippen molar-refractivity contribution in [3.8, 4) is 0 Å². The Bertz CT molecular complexity index is 1460. The van der Waals surface area contributed by atoms with Gasteiger partial charge in [-0.1, -0.05) is 58.0 Å². The highest BCUT2D eigenvalue weighted by molar-refractivity contribution is 7.87. The van der Waals surface area contributed by atoms with E-state index in [9.17, 15) is 17.3 Å². The van der Waals surface area contributed by atoms with Crippen molar-refractivity contribution in [1.82, 2.24) is 0 Å². The zero-order chi connectivity index (χ0) is 36.6. The third-order valence-electron chi connectivity index (χ3n) is 15.0. The van der Waals surface area contributed by atoms with Crippen LogP contribution in [0.4, 0.5) is 28.6 Å². The van der Waals surface area contributed by atoms with E-state index in [-0.39, 0.29) is 5.97 Å². The van der Waals surface area contributed by atoms with E-state index in [4.69, 9.17) is 4.74 Å². The van der Waals surface area contributed by atoms with Crippen LogP contribution in [0, 0.1) is 35.5 Å². The predicted octanol–water partition coefficient (Wildman–Crippen LogP) is 12.1. The Morgan fingerprint density at radius 3 is 1.54 bits per heavy atom. The van der Waals surface area contributed by atoms with Gasteiger partial charge in [-0.25, -0.2) is 0 Å². The van der Waals surface area contributed by atoms with E-state index in [0.717, 1.165) is 55.2 Å². The molecule has 8 saturated carbocycles. The molecule has 8 bridgehead atoms. The van der Waals surface area contributed by atoms with Gasteiger partial charge in [0.25, 0.3) is 0 Å². The van der Waals surface area contributed by atoms with Gasteiger partial charge in [0.15, 0.2) is 0 Å². The fourth-order valence-electron chi connectivity index (χ4n) is 14.6. The lowest BCUT2D eigenvalue weighted by molar-refractivity contribution is 0.00963. The molecule has 1 N–H and O–H groups in total. The second kappa shape index (κ2) is 13.8. The number of para-hydroxylation sites is 2. The number of anilines is 2. The maximum Gasteiger partial charge on any atom is 0.673 e.